The summed E-state index contributed by atoms with van der Waals surface area (Å²) in [5.74, 6) is -1.52. The Balaban J connectivity index is 2.23. The molecule has 1 atom stereocenters. The summed E-state index contributed by atoms with van der Waals surface area (Å²) in [6.07, 6.45) is -5.67. The van der Waals surface area contributed by atoms with E-state index in [4.69, 9.17) is 9.52 Å². The number of nitrogens with zero attached hydrogens (tertiary/aromatic N) is 1. The van der Waals surface area contributed by atoms with E-state index in [1.807, 2.05) is 0 Å². The van der Waals surface area contributed by atoms with E-state index in [1.54, 1.807) is 24.3 Å². The van der Waals surface area contributed by atoms with Crippen LogP contribution < -0.4 is 0 Å². The minimum atomic E-state index is -4.64. The van der Waals surface area contributed by atoms with E-state index in [9.17, 15) is 18.0 Å². The van der Waals surface area contributed by atoms with Crippen molar-refractivity contribution in [2.24, 2.45) is 0 Å². The minimum absolute atomic E-state index is 0.190. The molecule has 19 heavy (non-hydrogen) atoms. The molecule has 4 nitrogen and oxygen atoms in total. The first-order valence-corrected chi connectivity index (χ1v) is 6.05. The van der Waals surface area contributed by atoms with Crippen LogP contribution in [0.1, 0.15) is 6.42 Å². The lowest BCUT2D eigenvalue weighted by Gasteiger charge is -2.15. The number of carbonyl (C=O) groups is 1. The second-order valence-corrected chi connectivity index (χ2v) is 4.85. The molecule has 2 rings (SSSR count). The first kappa shape index (κ1) is 13.7. The SMILES string of the molecule is O=C(O)CC(Sc1nc2ccccc2o1)C(F)(F)F. The number of hydrogen-bond donors (Lipinski definition) is 1. The quantitative estimate of drug-likeness (QED) is 0.875. The fourth-order valence-electron chi connectivity index (χ4n) is 1.41. The Labute approximate surface area is 109 Å². The van der Waals surface area contributed by atoms with Gasteiger partial charge in [-0.05, 0) is 12.1 Å². The van der Waals surface area contributed by atoms with Crippen molar-refractivity contribution in [2.75, 3.05) is 0 Å². The number of halogens is 3. The van der Waals surface area contributed by atoms with Crippen LogP contribution in [0.3, 0.4) is 0 Å². The van der Waals surface area contributed by atoms with Gasteiger partial charge in [0.2, 0.25) is 0 Å². The van der Waals surface area contributed by atoms with E-state index in [0.717, 1.165) is 0 Å². The molecule has 0 aliphatic heterocycles. The lowest BCUT2D eigenvalue weighted by molar-refractivity contribution is -0.150. The fourth-order valence-corrected chi connectivity index (χ4v) is 2.30. The molecular formula is C11H8F3NO3S. The molecular weight excluding hydrogens is 283 g/mol. The molecule has 0 saturated carbocycles. The molecule has 0 fully saturated rings. The summed E-state index contributed by atoms with van der Waals surface area (Å²) in [5, 5.41) is 6.23. The van der Waals surface area contributed by atoms with Crippen molar-refractivity contribution in [1.29, 1.82) is 0 Å². The number of para-hydroxylation sites is 2. The van der Waals surface area contributed by atoms with Gasteiger partial charge >= 0.3 is 12.1 Å². The minimum Gasteiger partial charge on any atom is -0.481 e. The average molecular weight is 291 g/mol. The van der Waals surface area contributed by atoms with Gasteiger partial charge in [-0.25, -0.2) is 4.98 Å². The summed E-state index contributed by atoms with van der Waals surface area (Å²) >= 11 is 0.266. The highest BCUT2D eigenvalue weighted by Crippen LogP contribution is 2.37. The van der Waals surface area contributed by atoms with Gasteiger partial charge in [0.1, 0.15) is 10.8 Å². The highest BCUT2D eigenvalue weighted by atomic mass is 32.2. The fraction of sp³-hybridized carbons (Fsp3) is 0.273. The first-order valence-electron chi connectivity index (χ1n) is 5.17. The molecule has 0 amide bonds. The van der Waals surface area contributed by atoms with Crippen molar-refractivity contribution in [3.05, 3.63) is 24.3 Å². The summed E-state index contributed by atoms with van der Waals surface area (Å²) in [7, 11) is 0. The average Bonchev–Trinajstić information content (AvgIpc) is 2.68. The van der Waals surface area contributed by atoms with Gasteiger partial charge in [-0.2, -0.15) is 13.2 Å². The summed E-state index contributed by atoms with van der Waals surface area (Å²) in [5.41, 5.74) is 0.794. The predicted octanol–water partition coefficient (Wildman–Crippen LogP) is 3.33. The van der Waals surface area contributed by atoms with Gasteiger partial charge in [-0.3, -0.25) is 4.79 Å². The molecule has 1 unspecified atom stereocenters. The summed E-state index contributed by atoms with van der Waals surface area (Å²) in [6.45, 7) is 0. The Bertz CT molecular complexity index is 563. The summed E-state index contributed by atoms with van der Waals surface area (Å²) in [6, 6.07) is 6.52. The van der Waals surface area contributed by atoms with Crippen molar-refractivity contribution in [3.8, 4) is 0 Å². The standard InChI is InChI=1S/C11H8F3NO3S/c12-11(13,14)8(5-9(16)17)19-10-15-6-3-1-2-4-7(6)18-10/h1-4,8H,5H2,(H,16,17). The normalized spacial score (nSPS) is 13.6. The molecule has 2 aromatic rings. The van der Waals surface area contributed by atoms with Crippen molar-refractivity contribution < 1.29 is 27.5 Å². The molecule has 0 bridgehead atoms. The number of thioether (sulfide) groups is 1. The number of oxazole rings is 1. The highest BCUT2D eigenvalue weighted by molar-refractivity contribution is 7.99. The Kier molecular flexibility index (Phi) is 3.70. The van der Waals surface area contributed by atoms with Gasteiger partial charge in [0.25, 0.3) is 5.22 Å². The maximum absolute atomic E-state index is 12.7. The van der Waals surface area contributed by atoms with Crippen molar-refractivity contribution in [1.82, 2.24) is 4.98 Å². The maximum Gasteiger partial charge on any atom is 0.401 e. The smallest absolute Gasteiger partial charge is 0.401 e. The van der Waals surface area contributed by atoms with Crippen LogP contribution >= 0.6 is 11.8 Å². The molecule has 1 aromatic heterocycles. The molecule has 0 aliphatic carbocycles. The summed E-state index contributed by atoms with van der Waals surface area (Å²) in [4.78, 5) is 14.3. The lowest BCUT2D eigenvalue weighted by atomic mass is 10.3. The number of fused-ring (bicyclic) bond motifs is 1. The van der Waals surface area contributed by atoms with Crippen molar-refractivity contribution >= 4 is 28.8 Å². The molecule has 1 aromatic carbocycles. The van der Waals surface area contributed by atoms with Crippen LogP contribution in [0.4, 0.5) is 13.2 Å². The van der Waals surface area contributed by atoms with E-state index in [2.05, 4.69) is 4.98 Å². The third-order valence-corrected chi connectivity index (χ3v) is 3.34. The van der Waals surface area contributed by atoms with E-state index in [1.165, 1.54) is 0 Å². The van der Waals surface area contributed by atoms with Crippen LogP contribution in [0.5, 0.6) is 0 Å². The maximum atomic E-state index is 12.7. The first-order chi connectivity index (χ1) is 8.86. The van der Waals surface area contributed by atoms with E-state index in [-0.39, 0.29) is 17.0 Å². The third-order valence-electron chi connectivity index (χ3n) is 2.24. The Morgan fingerprint density at radius 2 is 2.11 bits per heavy atom. The van der Waals surface area contributed by atoms with Crippen LogP contribution in [-0.2, 0) is 4.79 Å². The Hall–Kier alpha value is -1.70. The van der Waals surface area contributed by atoms with Gasteiger partial charge in [0, 0.05) is 0 Å². The number of rotatable bonds is 4. The van der Waals surface area contributed by atoms with Gasteiger partial charge < -0.3 is 9.52 Å². The van der Waals surface area contributed by atoms with Crippen molar-refractivity contribution in [3.63, 3.8) is 0 Å². The zero-order valence-corrected chi connectivity index (χ0v) is 10.2. The zero-order chi connectivity index (χ0) is 14.0. The topological polar surface area (TPSA) is 63.3 Å². The van der Waals surface area contributed by atoms with Crippen LogP contribution in [0.2, 0.25) is 0 Å². The van der Waals surface area contributed by atoms with Crippen LogP contribution in [0.25, 0.3) is 11.1 Å². The second-order valence-electron chi connectivity index (χ2n) is 3.69. The molecule has 0 aliphatic rings. The monoisotopic (exact) mass is 291 g/mol. The van der Waals surface area contributed by atoms with Crippen molar-refractivity contribution in [2.45, 2.75) is 23.1 Å². The zero-order valence-electron chi connectivity index (χ0n) is 9.35. The van der Waals surface area contributed by atoms with Crippen LogP contribution in [-0.4, -0.2) is 27.5 Å². The lowest BCUT2D eigenvalue weighted by Crippen LogP contribution is -2.28. The number of aliphatic carboxylic acids is 1. The van der Waals surface area contributed by atoms with Gasteiger partial charge in [-0.1, -0.05) is 23.9 Å². The Morgan fingerprint density at radius 1 is 1.42 bits per heavy atom. The number of hydrogen-bond acceptors (Lipinski definition) is 4. The van der Waals surface area contributed by atoms with Crippen LogP contribution in [0, 0.1) is 0 Å². The molecule has 0 spiro atoms. The molecule has 1 heterocycles. The number of carboxylic acid groups (broad SMARTS) is 1. The van der Waals surface area contributed by atoms with E-state index in [0.29, 0.717) is 11.1 Å². The van der Waals surface area contributed by atoms with Gasteiger partial charge in [-0.15, -0.1) is 0 Å². The largest absolute Gasteiger partial charge is 0.481 e. The number of benzene rings is 1. The molecule has 0 radical (unpaired) electrons. The molecule has 1 N–H and O–H groups in total. The van der Waals surface area contributed by atoms with E-state index < -0.39 is 23.8 Å². The molecule has 0 saturated heterocycles. The van der Waals surface area contributed by atoms with Crippen LogP contribution in [0.15, 0.2) is 33.9 Å². The summed E-state index contributed by atoms with van der Waals surface area (Å²) < 4.78 is 43.1. The van der Waals surface area contributed by atoms with Gasteiger partial charge in [0.15, 0.2) is 5.58 Å². The second kappa shape index (κ2) is 5.12. The number of carboxylic acids is 1. The predicted molar refractivity (Wildman–Crippen MR) is 62.0 cm³/mol. The highest BCUT2D eigenvalue weighted by Gasteiger charge is 2.42. The third kappa shape index (κ3) is 3.40. The number of aromatic nitrogens is 1. The van der Waals surface area contributed by atoms with E-state index >= 15 is 0 Å². The Morgan fingerprint density at radius 3 is 2.68 bits per heavy atom. The van der Waals surface area contributed by atoms with Gasteiger partial charge in [0.05, 0.1) is 6.42 Å². The molecule has 8 heteroatoms. The molecule has 102 valence electrons. The number of alkyl halides is 3.